The fourth-order valence-electron chi connectivity index (χ4n) is 0.957. The van der Waals surface area contributed by atoms with Crippen molar-refractivity contribution in [3.63, 3.8) is 0 Å². The third-order valence-corrected chi connectivity index (χ3v) is 1.30. The lowest BCUT2D eigenvalue weighted by atomic mass is 9.94. The second kappa shape index (κ2) is 4.85. The quantitative estimate of drug-likeness (QED) is 0.381. The first-order valence-corrected chi connectivity index (χ1v) is 4.34. The zero-order valence-corrected chi connectivity index (χ0v) is 8.89. The minimum atomic E-state index is -0.269. The van der Waals surface area contributed by atoms with E-state index in [0.717, 1.165) is 0 Å². The van der Waals surface area contributed by atoms with Gasteiger partial charge in [0.05, 0.1) is 0 Å². The highest BCUT2D eigenvalue weighted by Gasteiger charge is 2.11. The van der Waals surface area contributed by atoms with Crippen LogP contribution in [-0.2, 0) is 9.53 Å². The van der Waals surface area contributed by atoms with Gasteiger partial charge in [0, 0.05) is 5.57 Å². The Morgan fingerprint density at radius 2 is 2.00 bits per heavy atom. The van der Waals surface area contributed by atoms with Gasteiger partial charge >= 0.3 is 5.97 Å². The van der Waals surface area contributed by atoms with Gasteiger partial charge in [-0.1, -0.05) is 39.5 Å². The van der Waals surface area contributed by atoms with Crippen LogP contribution in [0.3, 0.4) is 0 Å². The van der Waals surface area contributed by atoms with Crippen LogP contribution in [0.25, 0.3) is 0 Å². The minimum absolute atomic E-state index is 0.0112. The zero-order valence-electron chi connectivity index (χ0n) is 8.89. The van der Waals surface area contributed by atoms with Crippen molar-refractivity contribution in [1.82, 2.24) is 0 Å². The van der Waals surface area contributed by atoms with Gasteiger partial charge in [-0.2, -0.15) is 0 Å². The van der Waals surface area contributed by atoms with Crippen molar-refractivity contribution >= 4 is 5.97 Å². The number of carbonyl (C=O) groups is 1. The second-order valence-corrected chi connectivity index (χ2v) is 4.08. The smallest absolute Gasteiger partial charge is 0.333 e. The third kappa shape index (κ3) is 6.14. The van der Waals surface area contributed by atoms with Crippen LogP contribution in [-0.4, -0.2) is 12.6 Å². The molecule has 0 heterocycles. The van der Waals surface area contributed by atoms with E-state index in [-0.39, 0.29) is 18.0 Å². The summed E-state index contributed by atoms with van der Waals surface area (Å²) in [5, 5.41) is 0. The van der Waals surface area contributed by atoms with E-state index in [9.17, 15) is 4.79 Å². The van der Waals surface area contributed by atoms with Crippen molar-refractivity contribution < 1.29 is 9.53 Å². The summed E-state index contributed by atoms with van der Waals surface area (Å²) in [6.45, 7) is 11.6. The SMILES string of the molecule is C=CCOC(=O)C(C)=CC(C)(C)C. The van der Waals surface area contributed by atoms with Crippen molar-refractivity contribution in [1.29, 1.82) is 0 Å². The lowest BCUT2D eigenvalue weighted by molar-refractivity contribution is -0.137. The van der Waals surface area contributed by atoms with Gasteiger partial charge in [-0.05, 0) is 12.3 Å². The number of allylic oxidation sites excluding steroid dienone is 1. The maximum Gasteiger partial charge on any atom is 0.333 e. The summed E-state index contributed by atoms with van der Waals surface area (Å²) >= 11 is 0. The summed E-state index contributed by atoms with van der Waals surface area (Å²) < 4.78 is 4.87. The van der Waals surface area contributed by atoms with Gasteiger partial charge in [0.2, 0.25) is 0 Å². The third-order valence-electron chi connectivity index (χ3n) is 1.30. The molecule has 0 aromatic rings. The predicted octanol–water partition coefficient (Wildman–Crippen LogP) is 2.71. The number of ether oxygens (including phenoxy) is 1. The molecule has 2 nitrogen and oxygen atoms in total. The van der Waals surface area contributed by atoms with Crippen molar-refractivity contribution in [3.8, 4) is 0 Å². The van der Waals surface area contributed by atoms with Crippen molar-refractivity contribution in [2.75, 3.05) is 6.61 Å². The number of rotatable bonds is 3. The van der Waals surface area contributed by atoms with E-state index in [2.05, 4.69) is 6.58 Å². The molecule has 0 spiro atoms. The van der Waals surface area contributed by atoms with Crippen LogP contribution < -0.4 is 0 Å². The molecule has 0 aliphatic heterocycles. The minimum Gasteiger partial charge on any atom is -0.458 e. The number of hydrogen-bond donors (Lipinski definition) is 0. The largest absolute Gasteiger partial charge is 0.458 e. The van der Waals surface area contributed by atoms with Crippen LogP contribution >= 0.6 is 0 Å². The van der Waals surface area contributed by atoms with Gasteiger partial charge in [0.25, 0.3) is 0 Å². The second-order valence-electron chi connectivity index (χ2n) is 4.08. The Morgan fingerprint density at radius 1 is 1.46 bits per heavy atom. The fourth-order valence-corrected chi connectivity index (χ4v) is 0.957. The lowest BCUT2D eigenvalue weighted by Gasteiger charge is -2.13. The first-order valence-electron chi connectivity index (χ1n) is 4.34. The molecule has 0 bridgehead atoms. The lowest BCUT2D eigenvalue weighted by Crippen LogP contribution is -2.09. The monoisotopic (exact) mass is 182 g/mol. The van der Waals surface area contributed by atoms with Crippen LogP contribution in [0.4, 0.5) is 0 Å². The van der Waals surface area contributed by atoms with E-state index in [0.29, 0.717) is 5.57 Å². The molecule has 0 amide bonds. The standard InChI is InChI=1S/C11H18O2/c1-6-7-13-10(12)9(2)8-11(3,4)5/h6,8H,1,7H2,2-5H3. The molecule has 0 aliphatic rings. The number of carbonyl (C=O) groups excluding carboxylic acids is 1. The molecule has 0 N–H and O–H groups in total. The van der Waals surface area contributed by atoms with Gasteiger partial charge in [0.15, 0.2) is 0 Å². The Labute approximate surface area is 80.3 Å². The Morgan fingerprint density at radius 3 is 2.38 bits per heavy atom. The van der Waals surface area contributed by atoms with E-state index in [4.69, 9.17) is 4.74 Å². The van der Waals surface area contributed by atoms with Gasteiger partial charge in [-0.25, -0.2) is 4.79 Å². The van der Waals surface area contributed by atoms with Gasteiger partial charge < -0.3 is 4.74 Å². The molecule has 0 atom stereocenters. The average molecular weight is 182 g/mol. The molecule has 13 heavy (non-hydrogen) atoms. The van der Waals surface area contributed by atoms with Crippen LogP contribution in [0.1, 0.15) is 27.7 Å². The molecule has 0 fully saturated rings. The molecule has 0 aliphatic carbocycles. The number of esters is 1. The molecular formula is C11H18O2. The first kappa shape index (κ1) is 11.9. The Hall–Kier alpha value is -1.05. The van der Waals surface area contributed by atoms with E-state index in [1.165, 1.54) is 0 Å². The van der Waals surface area contributed by atoms with Crippen molar-refractivity contribution in [2.45, 2.75) is 27.7 Å². The molecule has 0 aromatic heterocycles. The van der Waals surface area contributed by atoms with Crippen LogP contribution in [0.2, 0.25) is 0 Å². The van der Waals surface area contributed by atoms with E-state index < -0.39 is 0 Å². The van der Waals surface area contributed by atoms with Crippen LogP contribution in [0.5, 0.6) is 0 Å². The molecule has 0 rings (SSSR count). The highest BCUT2D eigenvalue weighted by atomic mass is 16.5. The Bertz CT molecular complexity index is 219. The van der Waals surface area contributed by atoms with E-state index in [1.807, 2.05) is 26.8 Å². The molecule has 0 unspecified atom stereocenters. The maximum atomic E-state index is 11.2. The fraction of sp³-hybridized carbons (Fsp3) is 0.545. The van der Waals surface area contributed by atoms with Gasteiger partial charge in [-0.3, -0.25) is 0 Å². The normalized spacial score (nSPS) is 12.5. The molecule has 74 valence electrons. The molecule has 2 heteroatoms. The summed E-state index contributed by atoms with van der Waals surface area (Å²) in [5.41, 5.74) is 0.659. The molecule has 0 saturated carbocycles. The average Bonchev–Trinajstić information content (AvgIpc) is 1.96. The number of hydrogen-bond acceptors (Lipinski definition) is 2. The summed E-state index contributed by atoms with van der Waals surface area (Å²) in [7, 11) is 0. The molecule has 0 saturated heterocycles. The molecule has 0 aromatic carbocycles. The van der Waals surface area contributed by atoms with Crippen molar-refractivity contribution in [3.05, 3.63) is 24.3 Å². The summed E-state index contributed by atoms with van der Waals surface area (Å²) in [6, 6.07) is 0. The van der Waals surface area contributed by atoms with Gasteiger partial charge in [-0.15, -0.1) is 0 Å². The Kier molecular flexibility index (Phi) is 4.46. The molecule has 0 radical (unpaired) electrons. The van der Waals surface area contributed by atoms with Crippen LogP contribution in [0.15, 0.2) is 24.3 Å². The maximum absolute atomic E-state index is 11.2. The topological polar surface area (TPSA) is 26.3 Å². The summed E-state index contributed by atoms with van der Waals surface area (Å²) in [6.07, 6.45) is 3.46. The van der Waals surface area contributed by atoms with Gasteiger partial charge in [0.1, 0.15) is 6.61 Å². The van der Waals surface area contributed by atoms with E-state index in [1.54, 1.807) is 13.0 Å². The predicted molar refractivity (Wildman–Crippen MR) is 54.4 cm³/mol. The highest BCUT2D eigenvalue weighted by Crippen LogP contribution is 2.17. The summed E-state index contributed by atoms with van der Waals surface area (Å²) in [5.74, 6) is -0.269. The zero-order chi connectivity index (χ0) is 10.5. The van der Waals surface area contributed by atoms with E-state index >= 15 is 0 Å². The van der Waals surface area contributed by atoms with Crippen LogP contribution in [0, 0.1) is 5.41 Å². The summed E-state index contributed by atoms with van der Waals surface area (Å²) in [4.78, 5) is 11.2. The van der Waals surface area contributed by atoms with Crippen molar-refractivity contribution in [2.24, 2.45) is 5.41 Å². The molecular weight excluding hydrogens is 164 g/mol. The Balaban J connectivity index is 4.25. The first-order chi connectivity index (χ1) is 5.87. The highest BCUT2D eigenvalue weighted by molar-refractivity contribution is 5.87.